The summed E-state index contributed by atoms with van der Waals surface area (Å²) in [6.45, 7) is 8.13. The zero-order chi connectivity index (χ0) is 18.4. The first-order valence-electron chi connectivity index (χ1n) is 8.82. The topological polar surface area (TPSA) is 94.4 Å². The van der Waals surface area contributed by atoms with Crippen molar-refractivity contribution in [2.24, 2.45) is 0 Å². The summed E-state index contributed by atoms with van der Waals surface area (Å²) in [5.74, 6) is 1.80. The molecule has 0 spiro atoms. The molecule has 0 saturated carbocycles. The monoisotopic (exact) mass is 380 g/mol. The number of hydrogen-bond donors (Lipinski definition) is 1. The first kappa shape index (κ1) is 18.7. The van der Waals surface area contributed by atoms with Crippen LogP contribution in [0.25, 0.3) is 11.0 Å². The lowest BCUT2D eigenvalue weighted by atomic mass is 10.3. The molecule has 0 atom stereocenters. The van der Waals surface area contributed by atoms with E-state index in [1.807, 2.05) is 0 Å². The van der Waals surface area contributed by atoms with Crippen LogP contribution in [0.5, 0.6) is 0 Å². The van der Waals surface area contributed by atoms with Crippen molar-refractivity contribution in [3.05, 3.63) is 6.20 Å². The molecule has 1 N–H and O–H groups in total. The van der Waals surface area contributed by atoms with Crippen molar-refractivity contribution in [2.45, 2.75) is 25.5 Å². The summed E-state index contributed by atoms with van der Waals surface area (Å²) in [5, 5.41) is 8.81. The normalized spacial score (nSPS) is 14.6. The highest BCUT2D eigenvalue weighted by molar-refractivity contribution is 7.99. The number of ether oxygens (including phenoxy) is 2. The van der Waals surface area contributed by atoms with Gasteiger partial charge in [0.25, 0.3) is 0 Å². The van der Waals surface area contributed by atoms with Crippen molar-refractivity contribution in [3.8, 4) is 0 Å². The number of carbonyl (C=O) groups excluding carboxylic acids is 1. The molecule has 1 saturated heterocycles. The number of hydrogen-bond acceptors (Lipinski definition) is 8. The van der Waals surface area contributed by atoms with Gasteiger partial charge in [0, 0.05) is 19.6 Å². The second kappa shape index (κ2) is 9.04. The fourth-order valence-corrected chi connectivity index (χ4v) is 3.30. The third-order valence-electron chi connectivity index (χ3n) is 3.91. The van der Waals surface area contributed by atoms with Gasteiger partial charge in [-0.1, -0.05) is 18.7 Å². The molecule has 0 aliphatic carbocycles. The molecular weight excluding hydrogens is 356 g/mol. The largest absolute Gasteiger partial charge is 0.450 e. The van der Waals surface area contributed by atoms with Crippen LogP contribution in [-0.2, 0) is 16.0 Å². The maximum atomic E-state index is 11.4. The van der Waals surface area contributed by atoms with E-state index < -0.39 is 6.09 Å². The minimum absolute atomic E-state index is 0.351. The number of nitrogens with one attached hydrogen (secondary N) is 1. The number of aromatic nitrogens is 4. The third kappa shape index (κ3) is 4.36. The molecule has 26 heavy (non-hydrogen) atoms. The van der Waals surface area contributed by atoms with Crippen molar-refractivity contribution >= 4 is 34.7 Å². The lowest BCUT2D eigenvalue weighted by molar-refractivity contribution is 0.122. The number of fused-ring (bicyclic) bond motifs is 1. The molecule has 3 rings (SSSR count). The smallest absolute Gasteiger partial charge is 0.407 e. The average molecular weight is 380 g/mol. The van der Waals surface area contributed by atoms with Gasteiger partial charge in [0.05, 0.1) is 37.9 Å². The minimum atomic E-state index is -0.421. The number of amides is 1. The molecular formula is C16H24N6O3S. The lowest BCUT2D eigenvalue weighted by Gasteiger charge is -2.28. The molecule has 10 heteroatoms. The molecule has 2 aromatic rings. The van der Waals surface area contributed by atoms with Crippen molar-refractivity contribution in [2.75, 3.05) is 50.1 Å². The van der Waals surface area contributed by atoms with Gasteiger partial charge in [-0.15, -0.1) is 0 Å². The predicted octanol–water partition coefficient (Wildman–Crippen LogP) is 1.52. The Kier molecular flexibility index (Phi) is 6.51. The summed E-state index contributed by atoms with van der Waals surface area (Å²) in [4.78, 5) is 23.0. The van der Waals surface area contributed by atoms with Gasteiger partial charge in [0.2, 0.25) is 0 Å². The van der Waals surface area contributed by atoms with Crippen molar-refractivity contribution in [1.82, 2.24) is 25.1 Å². The van der Waals surface area contributed by atoms with Gasteiger partial charge in [0.15, 0.2) is 10.8 Å². The number of carbonyl (C=O) groups is 1. The van der Waals surface area contributed by atoms with E-state index in [-0.39, 0.29) is 0 Å². The molecule has 9 nitrogen and oxygen atoms in total. The second-order valence-corrected chi connectivity index (χ2v) is 6.85. The Balaban J connectivity index is 1.83. The van der Waals surface area contributed by atoms with E-state index in [4.69, 9.17) is 14.5 Å². The first-order valence-corrected chi connectivity index (χ1v) is 9.81. The van der Waals surface area contributed by atoms with Crippen LogP contribution in [0.2, 0.25) is 0 Å². The van der Waals surface area contributed by atoms with Crippen LogP contribution in [0.15, 0.2) is 11.4 Å². The molecule has 0 unspecified atom stereocenters. The molecule has 1 fully saturated rings. The van der Waals surface area contributed by atoms with Crippen LogP contribution in [0, 0.1) is 0 Å². The van der Waals surface area contributed by atoms with Crippen LogP contribution in [-0.4, -0.2) is 71.0 Å². The van der Waals surface area contributed by atoms with Crippen molar-refractivity contribution < 1.29 is 14.3 Å². The highest BCUT2D eigenvalue weighted by atomic mass is 32.2. The van der Waals surface area contributed by atoms with Gasteiger partial charge in [-0.2, -0.15) is 5.10 Å². The number of anilines is 1. The van der Waals surface area contributed by atoms with Gasteiger partial charge < -0.3 is 19.7 Å². The van der Waals surface area contributed by atoms with Crippen LogP contribution >= 0.6 is 11.8 Å². The quantitative estimate of drug-likeness (QED) is 0.571. The molecule has 2 aromatic heterocycles. The lowest BCUT2D eigenvalue weighted by Crippen LogP contribution is -2.37. The van der Waals surface area contributed by atoms with E-state index in [1.54, 1.807) is 29.6 Å². The van der Waals surface area contributed by atoms with E-state index in [0.717, 1.165) is 40.9 Å². The van der Waals surface area contributed by atoms with E-state index in [9.17, 15) is 4.79 Å². The number of morpholine rings is 1. The number of alkyl carbamates (subject to hydrolysis) is 1. The number of rotatable bonds is 7. The molecule has 0 aromatic carbocycles. The molecule has 142 valence electrons. The van der Waals surface area contributed by atoms with Crippen LogP contribution in [0.1, 0.15) is 13.8 Å². The van der Waals surface area contributed by atoms with Gasteiger partial charge >= 0.3 is 6.09 Å². The second-order valence-electron chi connectivity index (χ2n) is 5.61. The average Bonchev–Trinajstić information content (AvgIpc) is 3.05. The van der Waals surface area contributed by atoms with Crippen LogP contribution < -0.4 is 10.2 Å². The summed E-state index contributed by atoms with van der Waals surface area (Å²) in [6, 6.07) is 0. The standard InChI is InChI=1S/C16H24N6O3S/c1-3-25-16(23)17-5-6-22-14-12(11-18-22)13(19-15(20-14)26-4-2)21-7-9-24-10-8-21/h11H,3-10H2,1-2H3,(H,17,23). The summed E-state index contributed by atoms with van der Waals surface area (Å²) >= 11 is 1.60. The van der Waals surface area contributed by atoms with E-state index in [1.165, 1.54) is 0 Å². The zero-order valence-corrected chi connectivity index (χ0v) is 15.9. The van der Waals surface area contributed by atoms with Gasteiger partial charge in [-0.05, 0) is 12.7 Å². The molecule has 1 aliphatic rings. The summed E-state index contributed by atoms with van der Waals surface area (Å²) in [7, 11) is 0. The van der Waals surface area contributed by atoms with Crippen LogP contribution in [0.4, 0.5) is 10.6 Å². The number of nitrogens with zero attached hydrogens (tertiary/aromatic N) is 5. The van der Waals surface area contributed by atoms with Crippen molar-refractivity contribution in [3.63, 3.8) is 0 Å². The molecule has 1 amide bonds. The Bertz CT molecular complexity index is 747. The van der Waals surface area contributed by atoms with E-state index in [0.29, 0.717) is 32.9 Å². The fraction of sp³-hybridized carbons (Fsp3) is 0.625. The summed E-state index contributed by atoms with van der Waals surface area (Å²) in [6.07, 6.45) is 1.38. The first-order chi connectivity index (χ1) is 12.7. The van der Waals surface area contributed by atoms with Crippen LogP contribution in [0.3, 0.4) is 0 Å². The Morgan fingerprint density at radius 3 is 2.88 bits per heavy atom. The molecule has 3 heterocycles. The molecule has 0 bridgehead atoms. The maximum absolute atomic E-state index is 11.4. The predicted molar refractivity (Wildman–Crippen MR) is 99.8 cm³/mol. The fourth-order valence-electron chi connectivity index (χ4n) is 2.74. The maximum Gasteiger partial charge on any atom is 0.407 e. The van der Waals surface area contributed by atoms with Crippen molar-refractivity contribution in [1.29, 1.82) is 0 Å². The van der Waals surface area contributed by atoms with E-state index in [2.05, 4.69) is 27.2 Å². The Hall–Kier alpha value is -2.07. The number of thioether (sulfide) groups is 1. The highest BCUT2D eigenvalue weighted by Crippen LogP contribution is 2.27. The Labute approximate surface area is 156 Å². The molecule has 1 aliphatic heterocycles. The van der Waals surface area contributed by atoms with E-state index >= 15 is 0 Å². The SMILES string of the molecule is CCOC(=O)NCCn1ncc2c(N3CCOCC3)nc(SCC)nc21. The van der Waals surface area contributed by atoms with Gasteiger partial charge in [-0.3, -0.25) is 0 Å². The van der Waals surface area contributed by atoms with Gasteiger partial charge in [-0.25, -0.2) is 19.4 Å². The minimum Gasteiger partial charge on any atom is -0.450 e. The highest BCUT2D eigenvalue weighted by Gasteiger charge is 2.20. The summed E-state index contributed by atoms with van der Waals surface area (Å²) < 4.78 is 12.1. The third-order valence-corrected chi connectivity index (χ3v) is 4.64. The molecule has 0 radical (unpaired) electrons. The summed E-state index contributed by atoms with van der Waals surface area (Å²) in [5.41, 5.74) is 0.781. The zero-order valence-electron chi connectivity index (χ0n) is 15.1. The Morgan fingerprint density at radius 1 is 1.35 bits per heavy atom. The van der Waals surface area contributed by atoms with Gasteiger partial charge in [0.1, 0.15) is 5.82 Å². The Morgan fingerprint density at radius 2 is 2.15 bits per heavy atom.